The van der Waals surface area contributed by atoms with Gasteiger partial charge in [0.15, 0.2) is 11.6 Å². The molecule has 0 aliphatic heterocycles. The molecule has 0 unspecified atom stereocenters. The van der Waals surface area contributed by atoms with Gasteiger partial charge in [-0.2, -0.15) is 0 Å². The molecular weight excluding hydrogens is 304 g/mol. The summed E-state index contributed by atoms with van der Waals surface area (Å²) in [5, 5.41) is 3.34. The van der Waals surface area contributed by atoms with Crippen molar-refractivity contribution in [2.45, 2.75) is 13.5 Å². The fourth-order valence-electron chi connectivity index (χ4n) is 1.79. The van der Waals surface area contributed by atoms with Gasteiger partial charge in [-0.25, -0.2) is 9.97 Å². The normalized spacial score (nSPS) is 10.3. The second kappa shape index (κ2) is 6.02. The molecule has 19 heavy (non-hydrogen) atoms. The van der Waals surface area contributed by atoms with Crippen molar-refractivity contribution in [2.24, 2.45) is 0 Å². The van der Waals surface area contributed by atoms with Gasteiger partial charge in [0.1, 0.15) is 0 Å². The maximum atomic E-state index is 4.34. The summed E-state index contributed by atoms with van der Waals surface area (Å²) in [6.45, 7) is 2.83. The summed E-state index contributed by atoms with van der Waals surface area (Å²) < 4.78 is 1.09. The van der Waals surface area contributed by atoms with Crippen molar-refractivity contribution >= 4 is 27.6 Å². The molecule has 2 aromatic rings. The van der Waals surface area contributed by atoms with E-state index in [2.05, 4.69) is 50.3 Å². The minimum absolute atomic E-state index is 0.727. The van der Waals surface area contributed by atoms with Crippen molar-refractivity contribution in [3.8, 4) is 0 Å². The Kier molecular flexibility index (Phi) is 4.37. The maximum absolute atomic E-state index is 4.34. The molecule has 1 aromatic carbocycles. The number of aromatic nitrogens is 2. The van der Waals surface area contributed by atoms with Gasteiger partial charge in [-0.15, -0.1) is 0 Å². The molecular formula is C14H17BrN4. The van der Waals surface area contributed by atoms with Gasteiger partial charge in [-0.1, -0.05) is 22.0 Å². The van der Waals surface area contributed by atoms with Gasteiger partial charge >= 0.3 is 0 Å². The summed E-state index contributed by atoms with van der Waals surface area (Å²) in [6.07, 6.45) is 3.40. The summed E-state index contributed by atoms with van der Waals surface area (Å²) in [4.78, 5) is 10.6. The highest BCUT2D eigenvalue weighted by molar-refractivity contribution is 9.10. The van der Waals surface area contributed by atoms with Gasteiger partial charge in [-0.05, 0) is 30.2 Å². The van der Waals surface area contributed by atoms with Crippen LogP contribution >= 0.6 is 15.9 Å². The highest BCUT2D eigenvalue weighted by Crippen LogP contribution is 2.20. The Hall–Kier alpha value is -1.62. The van der Waals surface area contributed by atoms with E-state index in [1.165, 1.54) is 11.1 Å². The number of anilines is 2. The number of benzene rings is 1. The monoisotopic (exact) mass is 320 g/mol. The first kappa shape index (κ1) is 13.8. The molecule has 1 aromatic heterocycles. The van der Waals surface area contributed by atoms with E-state index >= 15 is 0 Å². The van der Waals surface area contributed by atoms with Crippen molar-refractivity contribution in [2.75, 3.05) is 24.3 Å². The van der Waals surface area contributed by atoms with Gasteiger partial charge in [-0.3, -0.25) is 0 Å². The average molecular weight is 321 g/mol. The third kappa shape index (κ3) is 3.44. The van der Waals surface area contributed by atoms with E-state index in [1.54, 1.807) is 12.4 Å². The van der Waals surface area contributed by atoms with Crippen molar-refractivity contribution in [1.82, 2.24) is 9.97 Å². The largest absolute Gasteiger partial charge is 0.363 e. The summed E-state index contributed by atoms with van der Waals surface area (Å²) in [6, 6.07) is 6.27. The second-order valence-corrected chi connectivity index (χ2v) is 5.46. The van der Waals surface area contributed by atoms with Gasteiger partial charge in [0.2, 0.25) is 0 Å². The summed E-state index contributed by atoms with van der Waals surface area (Å²) >= 11 is 3.50. The lowest BCUT2D eigenvalue weighted by atomic mass is 10.1. The zero-order valence-electron chi connectivity index (χ0n) is 11.3. The molecule has 1 heterocycles. The zero-order chi connectivity index (χ0) is 13.8. The molecule has 4 nitrogen and oxygen atoms in total. The van der Waals surface area contributed by atoms with Crippen LogP contribution in [0.1, 0.15) is 11.1 Å². The van der Waals surface area contributed by atoms with E-state index < -0.39 is 0 Å². The maximum Gasteiger partial charge on any atom is 0.171 e. The molecule has 0 aliphatic carbocycles. The Bertz CT molecular complexity index is 569. The summed E-state index contributed by atoms with van der Waals surface area (Å²) in [5.41, 5.74) is 2.50. The topological polar surface area (TPSA) is 41.1 Å². The van der Waals surface area contributed by atoms with Crippen molar-refractivity contribution in [1.29, 1.82) is 0 Å². The van der Waals surface area contributed by atoms with Crippen LogP contribution in [-0.4, -0.2) is 24.1 Å². The van der Waals surface area contributed by atoms with Crippen LogP contribution in [0.4, 0.5) is 11.6 Å². The third-order valence-corrected chi connectivity index (χ3v) is 3.35. The molecule has 0 saturated carbocycles. The fraction of sp³-hybridized carbons (Fsp3) is 0.286. The summed E-state index contributed by atoms with van der Waals surface area (Å²) in [5.74, 6) is 1.64. The molecule has 0 radical (unpaired) electrons. The Labute approximate surface area is 122 Å². The minimum Gasteiger partial charge on any atom is -0.363 e. The number of hydrogen-bond donors (Lipinski definition) is 1. The first-order valence-electron chi connectivity index (χ1n) is 6.05. The van der Waals surface area contributed by atoms with Crippen LogP contribution in [0.25, 0.3) is 0 Å². The van der Waals surface area contributed by atoms with Gasteiger partial charge < -0.3 is 10.2 Å². The van der Waals surface area contributed by atoms with Crippen LogP contribution in [0.15, 0.2) is 35.1 Å². The van der Waals surface area contributed by atoms with E-state index in [-0.39, 0.29) is 0 Å². The average Bonchev–Trinajstić information content (AvgIpc) is 2.40. The number of halogens is 1. The molecule has 0 bridgehead atoms. The molecule has 2 rings (SSSR count). The van der Waals surface area contributed by atoms with E-state index in [1.807, 2.05) is 25.1 Å². The molecule has 1 N–H and O–H groups in total. The van der Waals surface area contributed by atoms with Gasteiger partial charge in [0, 0.05) is 37.5 Å². The minimum atomic E-state index is 0.727. The predicted molar refractivity (Wildman–Crippen MR) is 82.6 cm³/mol. The molecule has 100 valence electrons. The number of aryl methyl sites for hydroxylation is 1. The van der Waals surface area contributed by atoms with E-state index in [0.29, 0.717) is 0 Å². The van der Waals surface area contributed by atoms with E-state index in [4.69, 9.17) is 0 Å². The van der Waals surface area contributed by atoms with Crippen LogP contribution in [-0.2, 0) is 6.54 Å². The van der Waals surface area contributed by atoms with Crippen LogP contribution in [0, 0.1) is 6.92 Å². The van der Waals surface area contributed by atoms with Crippen LogP contribution in [0.2, 0.25) is 0 Å². The quantitative estimate of drug-likeness (QED) is 0.939. The highest BCUT2D eigenvalue weighted by atomic mass is 79.9. The van der Waals surface area contributed by atoms with Gasteiger partial charge in [0.25, 0.3) is 0 Å². The number of rotatable bonds is 4. The molecule has 0 spiro atoms. The lowest BCUT2D eigenvalue weighted by Crippen LogP contribution is -2.15. The summed E-state index contributed by atoms with van der Waals surface area (Å²) in [7, 11) is 3.92. The van der Waals surface area contributed by atoms with Crippen LogP contribution in [0.5, 0.6) is 0 Å². The van der Waals surface area contributed by atoms with Crippen molar-refractivity contribution in [3.63, 3.8) is 0 Å². The lowest BCUT2D eigenvalue weighted by molar-refractivity contribution is 1.01. The third-order valence-electron chi connectivity index (χ3n) is 2.86. The molecule has 0 amide bonds. The SMILES string of the molecule is Cc1ccc(Br)cc1CNc1nccnc1N(C)C. The van der Waals surface area contributed by atoms with Crippen molar-refractivity contribution in [3.05, 3.63) is 46.2 Å². The van der Waals surface area contributed by atoms with Gasteiger partial charge in [0.05, 0.1) is 0 Å². The highest BCUT2D eigenvalue weighted by Gasteiger charge is 2.07. The second-order valence-electron chi connectivity index (χ2n) is 4.55. The van der Waals surface area contributed by atoms with Crippen molar-refractivity contribution < 1.29 is 0 Å². The predicted octanol–water partition coefficient (Wildman–Crippen LogP) is 3.23. The first-order chi connectivity index (χ1) is 9.08. The number of hydrogen-bond acceptors (Lipinski definition) is 4. The lowest BCUT2D eigenvalue weighted by Gasteiger charge is -2.16. The molecule has 0 atom stereocenters. The smallest absolute Gasteiger partial charge is 0.171 e. The van der Waals surface area contributed by atoms with E-state index in [9.17, 15) is 0 Å². The molecule has 5 heteroatoms. The standard InChI is InChI=1S/C14H17BrN4/c1-10-4-5-12(15)8-11(10)9-18-13-14(19(2)3)17-7-6-16-13/h4-8H,9H2,1-3H3,(H,16,18). The molecule has 0 saturated heterocycles. The fourth-order valence-corrected chi connectivity index (χ4v) is 2.20. The molecule has 0 aliphatic rings. The Balaban J connectivity index is 2.17. The Morgan fingerprint density at radius 1 is 1.21 bits per heavy atom. The van der Waals surface area contributed by atoms with Crippen LogP contribution in [0.3, 0.4) is 0 Å². The number of nitrogens with zero attached hydrogens (tertiary/aromatic N) is 3. The Morgan fingerprint density at radius 2 is 1.95 bits per heavy atom. The number of nitrogens with one attached hydrogen (secondary N) is 1. The first-order valence-corrected chi connectivity index (χ1v) is 6.84. The van der Waals surface area contributed by atoms with E-state index in [0.717, 1.165) is 22.7 Å². The Morgan fingerprint density at radius 3 is 2.68 bits per heavy atom. The molecule has 0 fully saturated rings. The zero-order valence-corrected chi connectivity index (χ0v) is 12.9. The van der Waals surface area contributed by atoms with Crippen LogP contribution < -0.4 is 10.2 Å².